The molecular weight excluding hydrogens is 360 g/mol. The normalized spacial score (nSPS) is 16.3. The van der Waals surface area contributed by atoms with Gasteiger partial charge in [0.05, 0.1) is 23.7 Å². The minimum absolute atomic E-state index is 0.161. The van der Waals surface area contributed by atoms with Gasteiger partial charge in [-0.3, -0.25) is 4.79 Å². The maximum Gasteiger partial charge on any atom is 0.284 e. The van der Waals surface area contributed by atoms with Gasteiger partial charge in [-0.05, 0) is 29.6 Å². The van der Waals surface area contributed by atoms with Crippen LogP contribution in [0, 0.1) is 0 Å². The molecule has 1 amide bonds. The van der Waals surface area contributed by atoms with Crippen LogP contribution in [0.4, 0.5) is 0 Å². The molecule has 2 aromatic carbocycles. The molecule has 0 fully saturated rings. The first-order valence-electron chi connectivity index (χ1n) is 8.54. The molecule has 4 rings (SSSR count). The molecule has 1 N–H and O–H groups in total. The largest absolute Gasteiger partial charge is 0.508 e. The Morgan fingerprint density at radius 2 is 2.04 bits per heavy atom. The number of hydrazone groups is 1. The van der Waals surface area contributed by atoms with E-state index in [0.29, 0.717) is 16.9 Å². The van der Waals surface area contributed by atoms with Gasteiger partial charge < -0.3 is 9.84 Å². The van der Waals surface area contributed by atoms with Gasteiger partial charge in [0.2, 0.25) is 0 Å². The predicted octanol–water partition coefficient (Wildman–Crippen LogP) is 4.45. The molecule has 1 atom stereocenters. The van der Waals surface area contributed by atoms with Crippen molar-refractivity contribution in [3.8, 4) is 11.5 Å². The quantitative estimate of drug-likeness (QED) is 0.729. The number of carbonyl (C=O) groups excluding carboxylic acids is 1. The molecule has 0 spiro atoms. The fourth-order valence-corrected chi connectivity index (χ4v) is 3.85. The van der Waals surface area contributed by atoms with Crippen molar-refractivity contribution in [1.82, 2.24) is 5.01 Å². The van der Waals surface area contributed by atoms with Gasteiger partial charge in [-0.25, -0.2) is 5.01 Å². The van der Waals surface area contributed by atoms with Crippen LogP contribution in [0.5, 0.6) is 11.5 Å². The first kappa shape index (κ1) is 17.3. The number of amides is 1. The number of phenolic OH excluding ortho intramolecular Hbond substituents is 1. The molecule has 5 nitrogen and oxygen atoms in total. The number of hydrogen-bond donors (Lipinski definition) is 1. The lowest BCUT2D eigenvalue weighted by Crippen LogP contribution is -2.26. The van der Waals surface area contributed by atoms with E-state index in [1.54, 1.807) is 25.3 Å². The zero-order chi connectivity index (χ0) is 18.8. The molecule has 0 saturated heterocycles. The summed E-state index contributed by atoms with van der Waals surface area (Å²) < 4.78 is 5.30. The summed E-state index contributed by atoms with van der Waals surface area (Å²) in [6.45, 7) is 0. The molecule has 3 aromatic rings. The third-order valence-electron chi connectivity index (χ3n) is 4.55. The van der Waals surface area contributed by atoms with Crippen molar-refractivity contribution in [2.45, 2.75) is 12.5 Å². The second kappa shape index (κ2) is 7.25. The van der Waals surface area contributed by atoms with E-state index in [9.17, 15) is 9.90 Å². The maximum atomic E-state index is 13.0. The van der Waals surface area contributed by atoms with E-state index in [2.05, 4.69) is 5.10 Å². The second-order valence-corrected chi connectivity index (χ2v) is 7.13. The Hall–Kier alpha value is -3.12. The second-order valence-electron chi connectivity index (χ2n) is 6.18. The lowest BCUT2D eigenvalue weighted by atomic mass is 9.97. The van der Waals surface area contributed by atoms with Gasteiger partial charge in [0.1, 0.15) is 11.5 Å². The summed E-state index contributed by atoms with van der Waals surface area (Å²) in [4.78, 5) is 13.6. The van der Waals surface area contributed by atoms with Crippen LogP contribution in [0.15, 0.2) is 71.1 Å². The average molecular weight is 378 g/mol. The number of thiophene rings is 1. The van der Waals surface area contributed by atoms with Crippen molar-refractivity contribution in [2.75, 3.05) is 7.11 Å². The number of aromatic hydroxyl groups is 1. The van der Waals surface area contributed by atoms with Crippen LogP contribution in [0.2, 0.25) is 0 Å². The topological polar surface area (TPSA) is 62.1 Å². The van der Waals surface area contributed by atoms with Crippen LogP contribution in [0.25, 0.3) is 0 Å². The molecule has 0 unspecified atom stereocenters. The number of benzene rings is 2. The van der Waals surface area contributed by atoms with Gasteiger partial charge in [-0.1, -0.05) is 36.4 Å². The van der Waals surface area contributed by atoms with E-state index < -0.39 is 0 Å². The Morgan fingerprint density at radius 1 is 1.19 bits per heavy atom. The summed E-state index contributed by atoms with van der Waals surface area (Å²) in [6, 6.07) is 18.0. The number of para-hydroxylation sites is 1. The van der Waals surface area contributed by atoms with Crippen LogP contribution in [-0.2, 0) is 0 Å². The van der Waals surface area contributed by atoms with E-state index >= 15 is 0 Å². The zero-order valence-corrected chi connectivity index (χ0v) is 15.5. The van der Waals surface area contributed by atoms with Crippen molar-refractivity contribution in [2.24, 2.45) is 5.10 Å². The fraction of sp³-hybridized carbons (Fsp3) is 0.143. The van der Waals surface area contributed by atoms with Crippen LogP contribution in [0.1, 0.15) is 33.3 Å². The molecule has 1 aliphatic heterocycles. The SMILES string of the molecule is COc1cccc(C2=NN(C(=O)c3cccs3)[C@H](c3ccccc3O)C2)c1. The highest BCUT2D eigenvalue weighted by Gasteiger charge is 2.35. The van der Waals surface area contributed by atoms with Crippen LogP contribution >= 0.6 is 11.3 Å². The molecule has 136 valence electrons. The molecule has 6 heteroatoms. The first-order chi connectivity index (χ1) is 13.2. The van der Waals surface area contributed by atoms with E-state index in [1.165, 1.54) is 16.3 Å². The highest BCUT2D eigenvalue weighted by atomic mass is 32.1. The van der Waals surface area contributed by atoms with E-state index in [4.69, 9.17) is 4.74 Å². The number of phenols is 1. The van der Waals surface area contributed by atoms with Crippen molar-refractivity contribution >= 4 is 23.0 Å². The van der Waals surface area contributed by atoms with Gasteiger partial charge in [-0.2, -0.15) is 5.10 Å². The van der Waals surface area contributed by atoms with Gasteiger partial charge in [0.15, 0.2) is 0 Å². The Labute approximate surface area is 161 Å². The summed E-state index contributed by atoms with van der Waals surface area (Å²) in [5.41, 5.74) is 2.37. The van der Waals surface area contributed by atoms with E-state index in [1.807, 2.05) is 47.8 Å². The lowest BCUT2D eigenvalue weighted by Gasteiger charge is -2.22. The highest BCUT2D eigenvalue weighted by molar-refractivity contribution is 7.12. The standard InChI is InChI=1S/C21H18N2O3S/c1-26-15-7-4-6-14(12-15)17-13-18(16-8-2-3-9-19(16)24)23(22-17)21(25)20-10-5-11-27-20/h2-12,18,24H,13H2,1H3/t18-/m0/s1. The van der Waals surface area contributed by atoms with Crippen molar-refractivity contribution < 1.29 is 14.6 Å². The number of ether oxygens (including phenoxy) is 1. The first-order valence-corrected chi connectivity index (χ1v) is 9.42. The number of carbonyl (C=O) groups is 1. The van der Waals surface area contributed by atoms with E-state index in [0.717, 1.165) is 17.0 Å². The third kappa shape index (κ3) is 3.31. The molecule has 0 aliphatic carbocycles. The summed E-state index contributed by atoms with van der Waals surface area (Å²) in [5, 5.41) is 18.3. The molecule has 27 heavy (non-hydrogen) atoms. The Morgan fingerprint density at radius 3 is 2.78 bits per heavy atom. The van der Waals surface area contributed by atoms with Crippen LogP contribution in [0.3, 0.4) is 0 Å². The Kier molecular flexibility index (Phi) is 4.64. The third-order valence-corrected chi connectivity index (χ3v) is 5.41. The number of rotatable bonds is 4. The Balaban J connectivity index is 1.75. The summed E-state index contributed by atoms with van der Waals surface area (Å²) in [7, 11) is 1.62. The average Bonchev–Trinajstić information content (AvgIpc) is 3.38. The molecular formula is C21H18N2O3S. The molecule has 0 saturated carbocycles. The van der Waals surface area contributed by atoms with Gasteiger partial charge >= 0.3 is 0 Å². The fourth-order valence-electron chi connectivity index (χ4n) is 3.20. The highest BCUT2D eigenvalue weighted by Crippen LogP contribution is 2.38. The van der Waals surface area contributed by atoms with Gasteiger partial charge in [0, 0.05) is 17.5 Å². The summed E-state index contributed by atoms with van der Waals surface area (Å²) >= 11 is 1.38. The predicted molar refractivity (Wildman–Crippen MR) is 105 cm³/mol. The molecule has 0 bridgehead atoms. The van der Waals surface area contributed by atoms with Crippen molar-refractivity contribution in [3.05, 3.63) is 82.0 Å². The van der Waals surface area contributed by atoms with Gasteiger partial charge in [-0.15, -0.1) is 11.3 Å². The Bertz CT molecular complexity index is 998. The smallest absolute Gasteiger partial charge is 0.284 e. The summed E-state index contributed by atoms with van der Waals surface area (Å²) in [5.74, 6) is 0.724. The van der Waals surface area contributed by atoms with Gasteiger partial charge in [0.25, 0.3) is 5.91 Å². The lowest BCUT2D eigenvalue weighted by molar-refractivity contribution is 0.0714. The monoisotopic (exact) mass is 378 g/mol. The van der Waals surface area contributed by atoms with Crippen molar-refractivity contribution in [1.29, 1.82) is 0 Å². The summed E-state index contributed by atoms with van der Waals surface area (Å²) in [6.07, 6.45) is 0.516. The molecule has 1 aliphatic rings. The molecule has 1 aromatic heterocycles. The molecule has 0 radical (unpaired) electrons. The van der Waals surface area contributed by atoms with Crippen LogP contribution in [-0.4, -0.2) is 28.8 Å². The minimum Gasteiger partial charge on any atom is -0.508 e. The van der Waals surface area contributed by atoms with E-state index in [-0.39, 0.29) is 17.7 Å². The zero-order valence-electron chi connectivity index (χ0n) is 14.7. The number of methoxy groups -OCH3 is 1. The number of hydrogen-bond acceptors (Lipinski definition) is 5. The number of nitrogens with zero attached hydrogens (tertiary/aromatic N) is 2. The maximum absolute atomic E-state index is 13.0. The van der Waals surface area contributed by atoms with Crippen LogP contribution < -0.4 is 4.74 Å². The van der Waals surface area contributed by atoms with Crippen molar-refractivity contribution in [3.63, 3.8) is 0 Å². The molecule has 2 heterocycles. The minimum atomic E-state index is -0.359.